The third-order valence-corrected chi connectivity index (χ3v) is 2.85. The summed E-state index contributed by atoms with van der Waals surface area (Å²) in [6.45, 7) is 7.06. The van der Waals surface area contributed by atoms with Crippen molar-refractivity contribution >= 4 is 23.2 Å². The second-order valence-electron chi connectivity index (χ2n) is 3.66. The van der Waals surface area contributed by atoms with Crippen molar-refractivity contribution in [3.05, 3.63) is 28.3 Å². The van der Waals surface area contributed by atoms with E-state index in [2.05, 4.69) is 0 Å². The molecule has 0 saturated carbocycles. The Bertz CT molecular complexity index is 400. The van der Waals surface area contributed by atoms with Crippen LogP contribution in [0.5, 0.6) is 0 Å². The molecule has 0 atom stereocenters. The van der Waals surface area contributed by atoms with E-state index in [0.29, 0.717) is 29.4 Å². The van der Waals surface area contributed by atoms with E-state index in [0.717, 1.165) is 5.56 Å². The number of anilines is 1. The zero-order chi connectivity index (χ0) is 12.3. The Hall–Kier alpha value is -1.22. The average molecular weight is 241 g/mol. The maximum absolute atomic E-state index is 12.1. The molecule has 88 valence electrons. The lowest BCUT2D eigenvalue weighted by Crippen LogP contribution is -2.31. The van der Waals surface area contributed by atoms with Gasteiger partial charge in [-0.05, 0) is 38.5 Å². The molecule has 1 aromatic carbocycles. The molecule has 0 fully saturated rings. The molecule has 0 bridgehead atoms. The number of halogens is 1. The summed E-state index contributed by atoms with van der Waals surface area (Å²) >= 11 is 5.93. The lowest BCUT2D eigenvalue weighted by molar-refractivity contribution is 0.0774. The van der Waals surface area contributed by atoms with Crippen molar-refractivity contribution in [2.24, 2.45) is 0 Å². The number of hydrogen-bond donors (Lipinski definition) is 1. The molecule has 1 rings (SSSR count). The van der Waals surface area contributed by atoms with Crippen LogP contribution in [0.25, 0.3) is 0 Å². The normalized spacial score (nSPS) is 10.2. The summed E-state index contributed by atoms with van der Waals surface area (Å²) in [5.74, 6) is -0.0619. The molecule has 0 spiro atoms. The van der Waals surface area contributed by atoms with Gasteiger partial charge in [-0.2, -0.15) is 0 Å². The maximum Gasteiger partial charge on any atom is 0.255 e. The molecule has 2 N–H and O–H groups in total. The molecule has 16 heavy (non-hydrogen) atoms. The average Bonchev–Trinajstić information content (AvgIpc) is 2.24. The number of carbonyl (C=O) groups is 1. The monoisotopic (exact) mass is 240 g/mol. The van der Waals surface area contributed by atoms with Crippen LogP contribution >= 0.6 is 11.6 Å². The van der Waals surface area contributed by atoms with Gasteiger partial charge in [0.1, 0.15) is 0 Å². The molecule has 0 unspecified atom stereocenters. The number of amides is 1. The summed E-state index contributed by atoms with van der Waals surface area (Å²) in [7, 11) is 0. The van der Waals surface area contributed by atoms with Gasteiger partial charge in [0.15, 0.2) is 0 Å². The number of hydrogen-bond acceptors (Lipinski definition) is 2. The molecule has 0 aliphatic carbocycles. The minimum atomic E-state index is -0.0619. The van der Waals surface area contributed by atoms with Crippen molar-refractivity contribution in [2.45, 2.75) is 20.8 Å². The molecule has 4 heteroatoms. The second-order valence-corrected chi connectivity index (χ2v) is 4.10. The van der Waals surface area contributed by atoms with Crippen molar-refractivity contribution in [2.75, 3.05) is 18.8 Å². The van der Waals surface area contributed by atoms with E-state index in [1.165, 1.54) is 0 Å². The summed E-state index contributed by atoms with van der Waals surface area (Å²) in [6.07, 6.45) is 0. The van der Waals surface area contributed by atoms with Crippen LogP contribution in [0.2, 0.25) is 5.02 Å². The highest BCUT2D eigenvalue weighted by Crippen LogP contribution is 2.23. The third kappa shape index (κ3) is 2.47. The Balaban J connectivity index is 3.17. The van der Waals surface area contributed by atoms with Gasteiger partial charge in [-0.1, -0.05) is 11.6 Å². The van der Waals surface area contributed by atoms with Gasteiger partial charge >= 0.3 is 0 Å². The summed E-state index contributed by atoms with van der Waals surface area (Å²) in [5, 5.41) is 0.544. The fourth-order valence-corrected chi connectivity index (χ4v) is 1.89. The predicted molar refractivity (Wildman–Crippen MR) is 67.9 cm³/mol. The number of carbonyl (C=O) groups excluding carboxylic acids is 1. The number of rotatable bonds is 3. The molecule has 0 saturated heterocycles. The van der Waals surface area contributed by atoms with Crippen LogP contribution in [0, 0.1) is 6.92 Å². The van der Waals surface area contributed by atoms with Gasteiger partial charge in [-0.25, -0.2) is 0 Å². The van der Waals surface area contributed by atoms with Gasteiger partial charge < -0.3 is 10.6 Å². The molecule has 0 aromatic heterocycles. The van der Waals surface area contributed by atoms with Crippen LogP contribution in [0.1, 0.15) is 29.8 Å². The molecule has 0 heterocycles. The van der Waals surface area contributed by atoms with E-state index in [1.807, 2.05) is 20.8 Å². The van der Waals surface area contributed by atoms with Crippen LogP contribution in [-0.2, 0) is 0 Å². The molecule has 0 aliphatic rings. The van der Waals surface area contributed by atoms with Gasteiger partial charge in [0.2, 0.25) is 0 Å². The third-order valence-electron chi connectivity index (χ3n) is 2.63. The van der Waals surface area contributed by atoms with Crippen molar-refractivity contribution in [1.29, 1.82) is 0 Å². The van der Waals surface area contributed by atoms with Crippen molar-refractivity contribution in [3.63, 3.8) is 0 Å². The highest BCUT2D eigenvalue weighted by Gasteiger charge is 2.17. The highest BCUT2D eigenvalue weighted by molar-refractivity contribution is 6.31. The van der Waals surface area contributed by atoms with Crippen LogP contribution in [0.15, 0.2) is 12.1 Å². The Kier molecular flexibility index (Phi) is 4.19. The van der Waals surface area contributed by atoms with E-state index in [-0.39, 0.29) is 5.91 Å². The van der Waals surface area contributed by atoms with Crippen LogP contribution < -0.4 is 5.73 Å². The predicted octanol–water partition coefficient (Wildman–Crippen LogP) is 2.71. The number of benzene rings is 1. The van der Waals surface area contributed by atoms with E-state index in [9.17, 15) is 4.79 Å². The Morgan fingerprint density at radius 2 is 1.94 bits per heavy atom. The summed E-state index contributed by atoms with van der Waals surface area (Å²) in [6, 6.07) is 3.39. The van der Waals surface area contributed by atoms with Gasteiger partial charge in [0.25, 0.3) is 5.91 Å². The Morgan fingerprint density at radius 1 is 1.38 bits per heavy atom. The Labute approximate surface area is 101 Å². The van der Waals surface area contributed by atoms with Crippen molar-refractivity contribution in [1.82, 2.24) is 4.90 Å². The van der Waals surface area contributed by atoms with Crippen LogP contribution in [-0.4, -0.2) is 23.9 Å². The zero-order valence-corrected chi connectivity index (χ0v) is 10.6. The van der Waals surface area contributed by atoms with Crippen LogP contribution in [0.4, 0.5) is 5.69 Å². The molecule has 0 radical (unpaired) electrons. The molecule has 1 amide bonds. The van der Waals surface area contributed by atoms with Crippen LogP contribution in [0.3, 0.4) is 0 Å². The van der Waals surface area contributed by atoms with Gasteiger partial charge in [0.05, 0.1) is 5.56 Å². The summed E-state index contributed by atoms with van der Waals surface area (Å²) < 4.78 is 0. The number of nitrogens with zero attached hydrogens (tertiary/aromatic N) is 1. The lowest BCUT2D eigenvalue weighted by atomic mass is 10.1. The quantitative estimate of drug-likeness (QED) is 0.826. The van der Waals surface area contributed by atoms with Gasteiger partial charge in [-0.3, -0.25) is 4.79 Å². The first-order valence-electron chi connectivity index (χ1n) is 5.36. The summed E-state index contributed by atoms with van der Waals surface area (Å²) in [5.41, 5.74) is 7.74. The van der Waals surface area contributed by atoms with Crippen molar-refractivity contribution < 1.29 is 4.79 Å². The fraction of sp³-hybridized carbons (Fsp3) is 0.417. The maximum atomic E-state index is 12.1. The molecular formula is C12H17ClN2O. The minimum absolute atomic E-state index is 0.0619. The van der Waals surface area contributed by atoms with E-state index in [4.69, 9.17) is 17.3 Å². The molecule has 3 nitrogen and oxygen atoms in total. The van der Waals surface area contributed by atoms with E-state index < -0.39 is 0 Å². The number of aryl methyl sites for hydroxylation is 1. The largest absolute Gasteiger partial charge is 0.398 e. The minimum Gasteiger partial charge on any atom is -0.398 e. The lowest BCUT2D eigenvalue weighted by Gasteiger charge is -2.20. The molecule has 0 aliphatic heterocycles. The standard InChI is InChI=1S/C12H17ClN2O/c1-4-15(5-2)12(16)10-7-9(13)6-8(3)11(10)14/h6-7H,4-5,14H2,1-3H3. The molecular weight excluding hydrogens is 224 g/mol. The van der Waals surface area contributed by atoms with Gasteiger partial charge in [-0.15, -0.1) is 0 Å². The Morgan fingerprint density at radius 3 is 2.44 bits per heavy atom. The number of nitrogen functional groups attached to an aromatic ring is 1. The fourth-order valence-electron chi connectivity index (χ4n) is 1.61. The van der Waals surface area contributed by atoms with E-state index >= 15 is 0 Å². The molecule has 1 aromatic rings. The first-order valence-corrected chi connectivity index (χ1v) is 5.73. The highest BCUT2D eigenvalue weighted by atomic mass is 35.5. The SMILES string of the molecule is CCN(CC)C(=O)c1cc(Cl)cc(C)c1N. The number of nitrogens with two attached hydrogens (primary N) is 1. The van der Waals surface area contributed by atoms with E-state index in [1.54, 1.807) is 17.0 Å². The first-order chi connectivity index (χ1) is 7.51. The zero-order valence-electron chi connectivity index (χ0n) is 9.88. The van der Waals surface area contributed by atoms with Crippen molar-refractivity contribution in [3.8, 4) is 0 Å². The second kappa shape index (κ2) is 5.21. The smallest absolute Gasteiger partial charge is 0.255 e. The first kappa shape index (κ1) is 12.8. The topological polar surface area (TPSA) is 46.3 Å². The van der Waals surface area contributed by atoms with Gasteiger partial charge in [0, 0.05) is 23.8 Å². The summed E-state index contributed by atoms with van der Waals surface area (Å²) in [4.78, 5) is 13.8.